The number of likely N-dealkylation sites (tertiary alicyclic amines) is 1. The van der Waals surface area contributed by atoms with Gasteiger partial charge >= 0.3 is 0 Å². The van der Waals surface area contributed by atoms with E-state index in [1.54, 1.807) is 0 Å². The Morgan fingerprint density at radius 1 is 0.867 bits per heavy atom. The van der Waals surface area contributed by atoms with Crippen molar-refractivity contribution in [2.45, 2.75) is 71.8 Å². The number of hydrogen-bond donors (Lipinski definition) is 0. The van der Waals surface area contributed by atoms with Gasteiger partial charge in [0.15, 0.2) is 0 Å². The minimum absolute atomic E-state index is 0.954. The summed E-state index contributed by atoms with van der Waals surface area (Å²) >= 11 is 0. The topological polar surface area (TPSA) is 3.24 Å². The van der Waals surface area contributed by atoms with Crippen LogP contribution in [0.1, 0.15) is 65.7 Å². The maximum atomic E-state index is 2.77. The molecule has 1 aliphatic carbocycles. The van der Waals surface area contributed by atoms with E-state index < -0.39 is 0 Å². The number of nitrogens with zero attached hydrogens (tertiary/aromatic N) is 1. The first-order valence-electron chi connectivity index (χ1n) is 7.10. The zero-order chi connectivity index (χ0) is 11.1. The molecule has 0 N–H and O–H groups in total. The normalized spacial score (nSPS) is 29.4. The molecule has 0 spiro atoms. The quantitative estimate of drug-likeness (QED) is 0.632. The zero-order valence-corrected chi connectivity index (χ0v) is 11.0. The Labute approximate surface area is 96.2 Å². The van der Waals surface area contributed by atoms with Crippen LogP contribution in [0, 0.1) is 5.92 Å². The Bertz CT molecular complexity index is 149. The van der Waals surface area contributed by atoms with Crippen LogP contribution in [0.25, 0.3) is 0 Å². The van der Waals surface area contributed by atoms with Crippen LogP contribution in [0.3, 0.4) is 0 Å². The van der Waals surface area contributed by atoms with Gasteiger partial charge in [-0.15, -0.1) is 0 Å². The molecule has 2 rings (SSSR count). The van der Waals surface area contributed by atoms with Gasteiger partial charge in [0.25, 0.3) is 0 Å². The molecular formula is C14H29N. The van der Waals surface area contributed by atoms with E-state index in [1.807, 2.05) is 13.8 Å². The minimum atomic E-state index is 0.954. The van der Waals surface area contributed by atoms with Crippen LogP contribution >= 0.6 is 0 Å². The molecule has 2 aliphatic rings. The van der Waals surface area contributed by atoms with Crippen LogP contribution in [0.4, 0.5) is 0 Å². The van der Waals surface area contributed by atoms with Crippen molar-refractivity contribution < 1.29 is 0 Å². The highest BCUT2D eigenvalue weighted by molar-refractivity contribution is 4.79. The van der Waals surface area contributed by atoms with Crippen molar-refractivity contribution in [2.24, 2.45) is 5.92 Å². The standard InChI is InChI=1S/C12H23N.C2H6/c1-11-6-5-9-13(10-11)12-7-3-2-4-8-12;1-2/h11-12H,2-10H2,1H3;1-2H3. The smallest absolute Gasteiger partial charge is 0.00953 e. The van der Waals surface area contributed by atoms with Crippen molar-refractivity contribution in [2.75, 3.05) is 13.1 Å². The summed E-state index contributed by atoms with van der Waals surface area (Å²) in [6, 6.07) is 0.955. The van der Waals surface area contributed by atoms with Gasteiger partial charge in [0, 0.05) is 12.6 Å². The second-order valence-electron chi connectivity index (χ2n) is 5.03. The Balaban J connectivity index is 0.000000531. The van der Waals surface area contributed by atoms with Crippen molar-refractivity contribution in [3.8, 4) is 0 Å². The van der Waals surface area contributed by atoms with E-state index >= 15 is 0 Å². The molecule has 0 aromatic rings. The maximum Gasteiger partial charge on any atom is 0.00953 e. The van der Waals surface area contributed by atoms with Crippen LogP contribution in [0.5, 0.6) is 0 Å². The molecule has 0 aromatic heterocycles. The predicted molar refractivity (Wildman–Crippen MR) is 68.2 cm³/mol. The highest BCUT2D eigenvalue weighted by Gasteiger charge is 2.24. The Kier molecular flexibility index (Phi) is 6.31. The van der Waals surface area contributed by atoms with Gasteiger partial charge in [-0.2, -0.15) is 0 Å². The molecule has 90 valence electrons. The molecule has 15 heavy (non-hydrogen) atoms. The molecular weight excluding hydrogens is 182 g/mol. The van der Waals surface area contributed by atoms with Crippen LogP contribution in [0.2, 0.25) is 0 Å². The van der Waals surface area contributed by atoms with Gasteiger partial charge in [0.1, 0.15) is 0 Å². The fourth-order valence-electron chi connectivity index (χ4n) is 3.00. The maximum absolute atomic E-state index is 2.77. The Morgan fingerprint density at radius 3 is 2.13 bits per heavy atom. The summed E-state index contributed by atoms with van der Waals surface area (Å²) in [5.41, 5.74) is 0. The van der Waals surface area contributed by atoms with Crippen molar-refractivity contribution in [3.05, 3.63) is 0 Å². The SMILES string of the molecule is CC.CC1CCCN(C2CCCCC2)C1. The van der Waals surface area contributed by atoms with Crippen molar-refractivity contribution in [1.82, 2.24) is 4.90 Å². The molecule has 0 bridgehead atoms. The van der Waals surface area contributed by atoms with Crippen molar-refractivity contribution in [1.29, 1.82) is 0 Å². The largest absolute Gasteiger partial charge is 0.300 e. The van der Waals surface area contributed by atoms with Gasteiger partial charge in [0.2, 0.25) is 0 Å². The summed E-state index contributed by atoms with van der Waals surface area (Å²) in [4.78, 5) is 2.77. The number of piperidine rings is 1. The average Bonchev–Trinajstić information content (AvgIpc) is 2.33. The lowest BCUT2D eigenvalue weighted by Crippen LogP contribution is -2.42. The first kappa shape index (κ1) is 13.0. The minimum Gasteiger partial charge on any atom is -0.300 e. The fraction of sp³-hybridized carbons (Fsp3) is 1.00. The predicted octanol–water partition coefficient (Wildman–Crippen LogP) is 4.08. The Hall–Kier alpha value is -0.0400. The molecule has 0 radical (unpaired) electrons. The van der Waals surface area contributed by atoms with Gasteiger partial charge in [-0.1, -0.05) is 40.0 Å². The molecule has 1 aliphatic heterocycles. The monoisotopic (exact) mass is 211 g/mol. The summed E-state index contributed by atoms with van der Waals surface area (Å²) in [5.74, 6) is 0.954. The summed E-state index contributed by atoms with van der Waals surface area (Å²) in [5, 5.41) is 0. The van der Waals surface area contributed by atoms with Gasteiger partial charge in [-0.05, 0) is 38.1 Å². The van der Waals surface area contributed by atoms with E-state index in [0.717, 1.165) is 12.0 Å². The summed E-state index contributed by atoms with van der Waals surface area (Å²) in [6.07, 6.45) is 10.3. The van der Waals surface area contributed by atoms with E-state index in [-0.39, 0.29) is 0 Å². The van der Waals surface area contributed by atoms with Gasteiger partial charge in [-0.3, -0.25) is 0 Å². The number of hydrogen-bond acceptors (Lipinski definition) is 1. The van der Waals surface area contributed by atoms with E-state index in [0.29, 0.717) is 0 Å². The van der Waals surface area contributed by atoms with E-state index in [9.17, 15) is 0 Å². The van der Waals surface area contributed by atoms with Crippen molar-refractivity contribution >= 4 is 0 Å². The third-order valence-electron chi connectivity index (χ3n) is 3.78. The highest BCUT2D eigenvalue weighted by atomic mass is 15.2. The summed E-state index contributed by atoms with van der Waals surface area (Å²) in [7, 11) is 0. The Morgan fingerprint density at radius 2 is 1.53 bits per heavy atom. The second kappa shape index (κ2) is 7.27. The molecule has 0 aromatic carbocycles. The molecule has 1 unspecified atom stereocenters. The number of rotatable bonds is 1. The van der Waals surface area contributed by atoms with Gasteiger partial charge in [-0.25, -0.2) is 0 Å². The fourth-order valence-corrected chi connectivity index (χ4v) is 3.00. The van der Waals surface area contributed by atoms with E-state index in [4.69, 9.17) is 0 Å². The molecule has 1 heterocycles. The van der Waals surface area contributed by atoms with Gasteiger partial charge < -0.3 is 4.90 Å². The third-order valence-corrected chi connectivity index (χ3v) is 3.78. The van der Waals surface area contributed by atoms with Crippen LogP contribution in [0.15, 0.2) is 0 Å². The van der Waals surface area contributed by atoms with E-state index in [2.05, 4.69) is 11.8 Å². The zero-order valence-electron chi connectivity index (χ0n) is 11.0. The lowest BCUT2D eigenvalue weighted by atomic mass is 9.91. The average molecular weight is 211 g/mol. The first-order valence-corrected chi connectivity index (χ1v) is 7.10. The van der Waals surface area contributed by atoms with Crippen LogP contribution in [-0.2, 0) is 0 Å². The second-order valence-corrected chi connectivity index (χ2v) is 5.03. The lowest BCUT2D eigenvalue weighted by molar-refractivity contribution is 0.104. The van der Waals surface area contributed by atoms with Crippen LogP contribution < -0.4 is 0 Å². The summed E-state index contributed by atoms with van der Waals surface area (Å²) < 4.78 is 0. The highest BCUT2D eigenvalue weighted by Crippen LogP contribution is 2.26. The molecule has 1 saturated heterocycles. The molecule has 1 saturated carbocycles. The van der Waals surface area contributed by atoms with Crippen LogP contribution in [-0.4, -0.2) is 24.0 Å². The van der Waals surface area contributed by atoms with Gasteiger partial charge in [0.05, 0.1) is 0 Å². The third kappa shape index (κ3) is 4.14. The van der Waals surface area contributed by atoms with Crippen molar-refractivity contribution in [3.63, 3.8) is 0 Å². The van der Waals surface area contributed by atoms with E-state index in [1.165, 1.54) is 58.0 Å². The molecule has 1 heteroatoms. The molecule has 1 atom stereocenters. The molecule has 2 fully saturated rings. The molecule has 1 nitrogen and oxygen atoms in total. The first-order chi connectivity index (χ1) is 7.36. The summed E-state index contributed by atoms with van der Waals surface area (Å²) in [6.45, 7) is 9.18. The lowest BCUT2D eigenvalue weighted by Gasteiger charge is -2.39. The molecule has 0 amide bonds.